The average molecular weight is 222 g/mol. The Kier molecular flexibility index (Phi) is 4.77. The maximum absolute atomic E-state index is 9.43. The van der Waals surface area contributed by atoms with Gasteiger partial charge in [-0.05, 0) is 32.4 Å². The van der Waals surface area contributed by atoms with E-state index < -0.39 is 0 Å². The van der Waals surface area contributed by atoms with Gasteiger partial charge in [-0.3, -0.25) is 0 Å². The van der Waals surface area contributed by atoms with E-state index in [4.69, 9.17) is 5.73 Å². The van der Waals surface area contributed by atoms with Crippen molar-refractivity contribution < 1.29 is 5.11 Å². The van der Waals surface area contributed by atoms with Crippen LogP contribution in [0.1, 0.15) is 19.4 Å². The fourth-order valence-corrected chi connectivity index (χ4v) is 2.02. The fourth-order valence-electron chi connectivity index (χ4n) is 2.02. The van der Waals surface area contributed by atoms with Crippen LogP contribution in [0.2, 0.25) is 0 Å². The molecule has 0 saturated carbocycles. The van der Waals surface area contributed by atoms with Gasteiger partial charge in [0.2, 0.25) is 0 Å². The Balaban J connectivity index is 3.02. The third-order valence-corrected chi connectivity index (χ3v) is 2.96. The summed E-state index contributed by atoms with van der Waals surface area (Å²) in [7, 11) is 0. The second kappa shape index (κ2) is 5.87. The van der Waals surface area contributed by atoms with Gasteiger partial charge in [0.1, 0.15) is 0 Å². The summed E-state index contributed by atoms with van der Waals surface area (Å²) in [5.41, 5.74) is 8.27. The first-order valence-electron chi connectivity index (χ1n) is 5.80. The molecule has 0 radical (unpaired) electrons. The van der Waals surface area contributed by atoms with E-state index >= 15 is 0 Å². The van der Waals surface area contributed by atoms with E-state index in [-0.39, 0.29) is 18.7 Å². The number of aliphatic hydroxyl groups excluding tert-OH is 1. The average Bonchev–Trinajstić information content (AvgIpc) is 2.26. The van der Waals surface area contributed by atoms with Crippen molar-refractivity contribution in [1.29, 1.82) is 0 Å². The van der Waals surface area contributed by atoms with E-state index in [2.05, 4.69) is 30.9 Å². The molecule has 2 atom stereocenters. The van der Waals surface area contributed by atoms with E-state index in [0.717, 1.165) is 12.2 Å². The highest BCUT2D eigenvalue weighted by molar-refractivity contribution is 5.54. The highest BCUT2D eigenvalue weighted by Crippen LogP contribution is 2.22. The molecule has 2 unspecified atom stereocenters. The first-order valence-corrected chi connectivity index (χ1v) is 5.80. The smallest absolute Gasteiger partial charge is 0.0669 e. The Labute approximate surface area is 97.9 Å². The molecule has 0 aliphatic heterocycles. The molecule has 0 aliphatic carbocycles. The van der Waals surface area contributed by atoms with Crippen LogP contribution >= 0.6 is 0 Å². The summed E-state index contributed by atoms with van der Waals surface area (Å²) in [5.74, 6) is 0. The molecule has 0 heterocycles. The zero-order valence-corrected chi connectivity index (χ0v) is 10.4. The largest absolute Gasteiger partial charge is 0.394 e. The standard InChI is InChI=1S/C13H22N2O/c1-4-15(13(9-16)11(3)14)12-8-6-5-7-10(12)2/h5-8,11,13,16H,4,9,14H2,1-3H3. The molecule has 3 heteroatoms. The maximum atomic E-state index is 9.43. The van der Waals surface area contributed by atoms with Gasteiger partial charge in [-0.1, -0.05) is 18.2 Å². The number of anilines is 1. The second-order valence-electron chi connectivity index (χ2n) is 4.18. The van der Waals surface area contributed by atoms with Crippen LogP contribution < -0.4 is 10.6 Å². The molecule has 1 aromatic rings. The lowest BCUT2D eigenvalue weighted by Crippen LogP contribution is -2.49. The van der Waals surface area contributed by atoms with E-state index in [1.54, 1.807) is 0 Å². The molecule has 90 valence electrons. The van der Waals surface area contributed by atoms with Crippen LogP contribution in [0.5, 0.6) is 0 Å². The third-order valence-electron chi connectivity index (χ3n) is 2.96. The number of nitrogens with two attached hydrogens (primary N) is 1. The number of aryl methyl sites for hydroxylation is 1. The van der Waals surface area contributed by atoms with Crippen LogP contribution in [-0.2, 0) is 0 Å². The van der Waals surface area contributed by atoms with Crippen molar-refractivity contribution in [2.45, 2.75) is 32.9 Å². The van der Waals surface area contributed by atoms with Crippen molar-refractivity contribution in [3.8, 4) is 0 Å². The van der Waals surface area contributed by atoms with E-state index in [1.807, 2.05) is 19.1 Å². The predicted octanol–water partition coefficient (Wildman–Crippen LogP) is 1.53. The van der Waals surface area contributed by atoms with Gasteiger partial charge in [-0.2, -0.15) is 0 Å². The molecule has 3 N–H and O–H groups in total. The van der Waals surface area contributed by atoms with Gasteiger partial charge in [0.15, 0.2) is 0 Å². The van der Waals surface area contributed by atoms with Gasteiger partial charge in [-0.25, -0.2) is 0 Å². The minimum atomic E-state index is -0.0513. The summed E-state index contributed by atoms with van der Waals surface area (Å²) < 4.78 is 0. The molecule has 1 aromatic carbocycles. The van der Waals surface area contributed by atoms with E-state index in [0.29, 0.717) is 0 Å². The lowest BCUT2D eigenvalue weighted by molar-refractivity contribution is 0.246. The van der Waals surface area contributed by atoms with Gasteiger partial charge in [0, 0.05) is 18.3 Å². The maximum Gasteiger partial charge on any atom is 0.0669 e. The first-order chi connectivity index (χ1) is 7.61. The molecule has 1 rings (SSSR count). The number of benzene rings is 1. The van der Waals surface area contributed by atoms with Crippen molar-refractivity contribution in [3.63, 3.8) is 0 Å². The summed E-state index contributed by atoms with van der Waals surface area (Å²) >= 11 is 0. The summed E-state index contributed by atoms with van der Waals surface area (Å²) in [6, 6.07) is 8.11. The Morgan fingerprint density at radius 2 is 2.00 bits per heavy atom. The lowest BCUT2D eigenvalue weighted by Gasteiger charge is -2.35. The number of para-hydroxylation sites is 1. The normalized spacial score (nSPS) is 14.6. The third kappa shape index (κ3) is 2.74. The summed E-state index contributed by atoms with van der Waals surface area (Å²) in [6.07, 6.45) is 0. The molecule has 3 nitrogen and oxygen atoms in total. The number of likely N-dealkylation sites (N-methyl/N-ethyl adjacent to an activating group) is 1. The Morgan fingerprint density at radius 1 is 1.38 bits per heavy atom. The van der Waals surface area contributed by atoms with Crippen LogP contribution in [0, 0.1) is 6.92 Å². The van der Waals surface area contributed by atoms with Crippen molar-refractivity contribution >= 4 is 5.69 Å². The lowest BCUT2D eigenvalue weighted by atomic mass is 10.1. The number of hydrogen-bond donors (Lipinski definition) is 2. The fraction of sp³-hybridized carbons (Fsp3) is 0.538. The topological polar surface area (TPSA) is 49.5 Å². The molecule has 0 aliphatic rings. The monoisotopic (exact) mass is 222 g/mol. The van der Waals surface area contributed by atoms with Gasteiger partial charge in [-0.15, -0.1) is 0 Å². The van der Waals surface area contributed by atoms with Crippen molar-refractivity contribution in [3.05, 3.63) is 29.8 Å². The number of hydrogen-bond acceptors (Lipinski definition) is 3. The van der Waals surface area contributed by atoms with Crippen molar-refractivity contribution in [1.82, 2.24) is 0 Å². The minimum Gasteiger partial charge on any atom is -0.394 e. The second-order valence-corrected chi connectivity index (χ2v) is 4.18. The van der Waals surface area contributed by atoms with Crippen molar-refractivity contribution in [2.24, 2.45) is 5.73 Å². The van der Waals surface area contributed by atoms with Crippen LogP contribution in [-0.4, -0.2) is 30.3 Å². The summed E-state index contributed by atoms with van der Waals surface area (Å²) in [6.45, 7) is 7.02. The molecule has 0 saturated heterocycles. The highest BCUT2D eigenvalue weighted by atomic mass is 16.3. The van der Waals surface area contributed by atoms with Crippen molar-refractivity contribution in [2.75, 3.05) is 18.1 Å². The van der Waals surface area contributed by atoms with E-state index in [9.17, 15) is 5.11 Å². The SMILES string of the molecule is CCN(c1ccccc1C)C(CO)C(C)N. The molecule has 0 amide bonds. The number of aliphatic hydroxyl groups is 1. The zero-order valence-electron chi connectivity index (χ0n) is 10.4. The van der Waals surface area contributed by atoms with Crippen LogP contribution in [0.4, 0.5) is 5.69 Å². The molecular formula is C13H22N2O. The quantitative estimate of drug-likeness (QED) is 0.794. The molecule has 0 fully saturated rings. The zero-order chi connectivity index (χ0) is 12.1. The molecular weight excluding hydrogens is 200 g/mol. The van der Waals surface area contributed by atoms with Gasteiger partial charge < -0.3 is 15.7 Å². The Bertz CT molecular complexity index is 325. The molecule has 16 heavy (non-hydrogen) atoms. The van der Waals surface area contributed by atoms with Gasteiger partial charge in [0.05, 0.1) is 12.6 Å². The van der Waals surface area contributed by atoms with Crippen LogP contribution in [0.3, 0.4) is 0 Å². The Hall–Kier alpha value is -1.06. The number of nitrogens with zero attached hydrogens (tertiary/aromatic N) is 1. The Morgan fingerprint density at radius 3 is 2.44 bits per heavy atom. The predicted molar refractivity (Wildman–Crippen MR) is 68.7 cm³/mol. The van der Waals surface area contributed by atoms with E-state index in [1.165, 1.54) is 5.56 Å². The first kappa shape index (κ1) is 13.0. The van der Waals surface area contributed by atoms with Gasteiger partial charge in [0.25, 0.3) is 0 Å². The molecule has 0 bridgehead atoms. The number of rotatable bonds is 5. The van der Waals surface area contributed by atoms with Crippen LogP contribution in [0.15, 0.2) is 24.3 Å². The highest BCUT2D eigenvalue weighted by Gasteiger charge is 2.21. The summed E-state index contributed by atoms with van der Waals surface area (Å²) in [4.78, 5) is 2.17. The van der Waals surface area contributed by atoms with Gasteiger partial charge >= 0.3 is 0 Å². The minimum absolute atomic E-state index is 0.0221. The summed E-state index contributed by atoms with van der Waals surface area (Å²) in [5, 5.41) is 9.43. The molecule has 0 spiro atoms. The van der Waals surface area contributed by atoms with Crippen LogP contribution in [0.25, 0.3) is 0 Å². The molecule has 0 aromatic heterocycles.